The summed E-state index contributed by atoms with van der Waals surface area (Å²) in [7, 11) is 3.48. The molecular weight excluding hydrogens is 615 g/mol. The molecule has 5 atom stereocenters. The third kappa shape index (κ3) is 4.99. The van der Waals surface area contributed by atoms with Crippen molar-refractivity contribution in [3.63, 3.8) is 0 Å². The topological polar surface area (TPSA) is 138 Å². The van der Waals surface area contributed by atoms with Crippen LogP contribution in [0.2, 0.25) is 0 Å². The maximum Gasteiger partial charge on any atom is 0.491 e. The van der Waals surface area contributed by atoms with E-state index in [-0.39, 0.29) is 23.8 Å². The second-order valence-corrected chi connectivity index (χ2v) is 11.7. The summed E-state index contributed by atoms with van der Waals surface area (Å²) >= 11 is 0. The minimum atomic E-state index is -5.45. The zero-order valence-electron chi connectivity index (χ0n) is 24.8. The molecule has 46 heavy (non-hydrogen) atoms. The maximum absolute atomic E-state index is 13.0. The average molecular weight is 646 g/mol. The van der Waals surface area contributed by atoms with Gasteiger partial charge in [-0.05, 0) is 44.1 Å². The number of likely N-dealkylation sites (N-methyl/N-ethyl adjacent to an activating group) is 1. The van der Waals surface area contributed by atoms with Crippen LogP contribution < -0.4 is 9.47 Å². The lowest BCUT2D eigenvalue weighted by molar-refractivity contribution is -0.205. The highest BCUT2D eigenvalue weighted by Gasteiger charge is 2.72. The Morgan fingerprint density at radius 1 is 1.09 bits per heavy atom. The Labute approximate surface area is 260 Å². The zero-order valence-corrected chi connectivity index (χ0v) is 24.8. The van der Waals surface area contributed by atoms with Gasteiger partial charge in [0.05, 0.1) is 31.0 Å². The highest BCUT2D eigenvalue weighted by atomic mass is 19.4. The van der Waals surface area contributed by atoms with Crippen molar-refractivity contribution in [2.45, 2.75) is 67.5 Å². The standard InChI is InChI=1S/C32H30F3NO10/c1-36-15-14-30-24-18-8-9-19(42-2)26(24)45-27(30)20(12-13-31(30,41)21(36)16-18)43-22(37)10-11-23(38)44-25(17-6-4-3-5-7-17)28(39)46-29(40)32(33,34)35/h3-9,12,21,25,27,41H,10-11,13-16H2,1-2H3/t21-,25+,27+,30+,31-/m1/s1. The van der Waals surface area contributed by atoms with Crippen molar-refractivity contribution in [1.29, 1.82) is 0 Å². The van der Waals surface area contributed by atoms with Crippen LogP contribution in [0.4, 0.5) is 13.2 Å². The number of methoxy groups -OCH3 is 1. The predicted octanol–water partition coefficient (Wildman–Crippen LogP) is 3.21. The fourth-order valence-corrected chi connectivity index (χ4v) is 7.25. The van der Waals surface area contributed by atoms with Crippen molar-refractivity contribution >= 4 is 23.9 Å². The molecule has 2 heterocycles. The molecule has 11 nitrogen and oxygen atoms in total. The first-order valence-electron chi connectivity index (χ1n) is 14.6. The Kier molecular flexibility index (Phi) is 7.83. The number of hydrogen-bond donors (Lipinski definition) is 1. The first-order chi connectivity index (χ1) is 21.8. The maximum atomic E-state index is 13.0. The second kappa shape index (κ2) is 11.4. The van der Waals surface area contributed by atoms with Gasteiger partial charge in [0, 0.05) is 23.6 Å². The van der Waals surface area contributed by atoms with Gasteiger partial charge in [0.25, 0.3) is 0 Å². The van der Waals surface area contributed by atoms with E-state index in [9.17, 15) is 37.5 Å². The average Bonchev–Trinajstić information content (AvgIpc) is 3.38. The molecule has 2 aromatic rings. The second-order valence-electron chi connectivity index (χ2n) is 11.7. The van der Waals surface area contributed by atoms with E-state index in [1.54, 1.807) is 18.2 Å². The molecule has 2 aromatic carbocycles. The van der Waals surface area contributed by atoms with Gasteiger partial charge in [-0.25, -0.2) is 9.59 Å². The number of alkyl halides is 3. The molecule has 1 fully saturated rings. The molecule has 1 N–H and O–H groups in total. The normalized spacial score (nSPS) is 26.5. The summed E-state index contributed by atoms with van der Waals surface area (Å²) in [6.45, 7) is 0.662. The number of likely N-dealkylation sites (tertiary alicyclic amines) is 1. The summed E-state index contributed by atoms with van der Waals surface area (Å²) in [5, 5.41) is 12.3. The highest BCUT2D eigenvalue weighted by molar-refractivity contribution is 5.92. The van der Waals surface area contributed by atoms with Crippen LogP contribution in [0.3, 0.4) is 0 Å². The van der Waals surface area contributed by atoms with Crippen LogP contribution in [0.15, 0.2) is 54.3 Å². The highest BCUT2D eigenvalue weighted by Crippen LogP contribution is 2.65. The van der Waals surface area contributed by atoms with Crippen molar-refractivity contribution in [3.05, 3.63) is 71.0 Å². The molecule has 4 aliphatic rings. The quantitative estimate of drug-likeness (QED) is 0.257. The third-order valence-electron chi connectivity index (χ3n) is 9.31. The minimum Gasteiger partial charge on any atom is -0.493 e. The van der Waals surface area contributed by atoms with Crippen LogP contribution in [0.1, 0.15) is 48.5 Å². The first-order valence-corrected chi connectivity index (χ1v) is 14.6. The van der Waals surface area contributed by atoms with E-state index >= 15 is 0 Å². The van der Waals surface area contributed by atoms with E-state index < -0.39 is 66.1 Å². The van der Waals surface area contributed by atoms with E-state index in [2.05, 4.69) is 9.64 Å². The molecule has 1 spiro atoms. The number of aliphatic hydroxyl groups is 1. The van der Waals surface area contributed by atoms with Gasteiger partial charge in [0.15, 0.2) is 17.6 Å². The van der Waals surface area contributed by atoms with Gasteiger partial charge < -0.3 is 33.7 Å². The van der Waals surface area contributed by atoms with Crippen molar-refractivity contribution in [2.75, 3.05) is 20.7 Å². The van der Waals surface area contributed by atoms with Crippen LogP contribution in [0.5, 0.6) is 11.5 Å². The lowest BCUT2D eigenvalue weighted by Crippen LogP contribution is -2.74. The smallest absolute Gasteiger partial charge is 0.491 e. The van der Waals surface area contributed by atoms with Crippen LogP contribution >= 0.6 is 0 Å². The fraction of sp³-hybridized carbons (Fsp3) is 0.438. The number of halogens is 3. The van der Waals surface area contributed by atoms with Crippen molar-refractivity contribution in [3.8, 4) is 11.5 Å². The number of piperidine rings is 1. The number of carbonyl (C=O) groups is 4. The lowest BCUT2D eigenvalue weighted by atomic mass is 9.50. The SMILES string of the molecule is COc1ccc2c3c1O[C@H]1C(OC(=O)CCC(=O)O[C@H](C(=O)OC(=O)C(F)(F)F)c4ccccc4)=CC[C@@]4(O)[C@@H](C2)N(C)CC[C@]314. The van der Waals surface area contributed by atoms with Crippen molar-refractivity contribution < 1.29 is 61.1 Å². The first kappa shape index (κ1) is 31.5. The molecule has 0 aromatic heterocycles. The van der Waals surface area contributed by atoms with Gasteiger partial charge in [-0.2, -0.15) is 13.2 Å². The van der Waals surface area contributed by atoms with Gasteiger partial charge >= 0.3 is 30.1 Å². The molecule has 14 heteroatoms. The monoisotopic (exact) mass is 645 g/mol. The number of benzene rings is 2. The van der Waals surface area contributed by atoms with Gasteiger partial charge in [-0.3, -0.25) is 9.59 Å². The molecule has 1 saturated heterocycles. The largest absolute Gasteiger partial charge is 0.493 e. The molecule has 0 amide bonds. The number of nitrogens with zero attached hydrogens (tertiary/aromatic N) is 1. The molecule has 0 saturated carbocycles. The summed E-state index contributed by atoms with van der Waals surface area (Å²) in [5.74, 6) is -5.34. The molecule has 0 unspecified atom stereocenters. The lowest BCUT2D eigenvalue weighted by Gasteiger charge is -2.61. The molecule has 2 bridgehead atoms. The Hall–Kier alpha value is -4.43. The summed E-state index contributed by atoms with van der Waals surface area (Å²) < 4.78 is 64.7. The summed E-state index contributed by atoms with van der Waals surface area (Å²) in [5.41, 5.74) is -0.324. The number of esters is 4. The van der Waals surface area contributed by atoms with E-state index in [0.717, 1.165) is 11.1 Å². The van der Waals surface area contributed by atoms with Crippen molar-refractivity contribution in [1.82, 2.24) is 4.90 Å². The van der Waals surface area contributed by atoms with Gasteiger partial charge in [0.1, 0.15) is 5.76 Å². The summed E-state index contributed by atoms with van der Waals surface area (Å²) in [4.78, 5) is 51.5. The molecular formula is C32H30F3NO10. The van der Waals surface area contributed by atoms with E-state index in [0.29, 0.717) is 30.9 Å². The van der Waals surface area contributed by atoms with E-state index in [1.807, 2.05) is 13.1 Å². The zero-order chi connectivity index (χ0) is 33.0. The van der Waals surface area contributed by atoms with Gasteiger partial charge in [0.2, 0.25) is 6.10 Å². The van der Waals surface area contributed by atoms with Crippen LogP contribution in [0.25, 0.3) is 0 Å². The number of ether oxygens (including phenoxy) is 5. The van der Waals surface area contributed by atoms with Crippen LogP contribution in [-0.2, 0) is 45.2 Å². The summed E-state index contributed by atoms with van der Waals surface area (Å²) in [6, 6.07) is 10.6. The van der Waals surface area contributed by atoms with Gasteiger partial charge in [-0.1, -0.05) is 36.4 Å². The Morgan fingerprint density at radius 3 is 2.50 bits per heavy atom. The summed E-state index contributed by atoms with van der Waals surface area (Å²) in [6.07, 6.45) is -6.51. The van der Waals surface area contributed by atoms with Crippen LogP contribution in [-0.4, -0.2) is 78.5 Å². The van der Waals surface area contributed by atoms with Gasteiger partial charge in [-0.15, -0.1) is 0 Å². The third-order valence-corrected chi connectivity index (χ3v) is 9.31. The molecule has 0 radical (unpaired) electrons. The molecule has 2 aliphatic heterocycles. The minimum absolute atomic E-state index is 0.0471. The fourth-order valence-electron chi connectivity index (χ4n) is 7.25. The van der Waals surface area contributed by atoms with E-state index in [1.165, 1.54) is 31.4 Å². The molecule has 6 rings (SSSR count). The number of carbonyl (C=O) groups excluding carboxylic acids is 4. The number of rotatable bonds is 8. The van der Waals surface area contributed by atoms with E-state index in [4.69, 9.17) is 18.9 Å². The predicted molar refractivity (Wildman–Crippen MR) is 149 cm³/mol. The van der Waals surface area contributed by atoms with Crippen LogP contribution in [0, 0.1) is 0 Å². The van der Waals surface area contributed by atoms with Crippen molar-refractivity contribution in [2.24, 2.45) is 0 Å². The Balaban J connectivity index is 1.17. The Morgan fingerprint density at radius 2 is 1.80 bits per heavy atom. The molecule has 2 aliphatic carbocycles. The molecule has 244 valence electrons. The number of hydrogen-bond acceptors (Lipinski definition) is 11. The Bertz CT molecular complexity index is 1630.